The molecule has 0 bridgehead atoms. The summed E-state index contributed by atoms with van der Waals surface area (Å²) in [7, 11) is 0. The Morgan fingerprint density at radius 1 is 0.927 bits per heavy atom. The number of pyridine rings is 2. The van der Waals surface area contributed by atoms with E-state index in [0.29, 0.717) is 39.4 Å². The highest BCUT2D eigenvalue weighted by Gasteiger charge is 2.16. The second-order valence-electron chi connectivity index (χ2n) is 8.05. The Morgan fingerprint density at radius 3 is 2.00 bits per heavy atom. The average Bonchev–Trinajstić information content (AvgIpc) is 2.98. The van der Waals surface area contributed by atoms with Crippen LogP contribution in [0.1, 0.15) is 85.2 Å². The number of halogens is 3. The second kappa shape index (κ2) is 18.4. The van der Waals surface area contributed by atoms with Crippen molar-refractivity contribution in [3.05, 3.63) is 86.2 Å². The SMILES string of the molecule is C=Cc1c(F)c(O)cc2cc(=O)[nH]c(CC)c12.CC.CC.CC.CC(C)c1[nH]c(=O)cc2ccc(F)c(OCF)c12. The number of fused-ring (bicyclic) bond motifs is 2. The van der Waals surface area contributed by atoms with Crippen molar-refractivity contribution in [2.24, 2.45) is 0 Å². The lowest BCUT2D eigenvalue weighted by Crippen LogP contribution is -2.10. The highest BCUT2D eigenvalue weighted by atomic mass is 19.1. The van der Waals surface area contributed by atoms with Gasteiger partial charge in [-0.05, 0) is 35.2 Å². The lowest BCUT2D eigenvalue weighted by atomic mass is 10.0. The van der Waals surface area contributed by atoms with E-state index >= 15 is 0 Å². The number of rotatable bonds is 5. The van der Waals surface area contributed by atoms with Crippen molar-refractivity contribution in [3.63, 3.8) is 0 Å². The van der Waals surface area contributed by atoms with Crippen LogP contribution in [0.4, 0.5) is 13.2 Å². The van der Waals surface area contributed by atoms with Crippen molar-refractivity contribution in [2.45, 2.75) is 74.7 Å². The molecule has 9 heteroatoms. The van der Waals surface area contributed by atoms with Gasteiger partial charge in [0.2, 0.25) is 18.0 Å². The quantitative estimate of drug-likeness (QED) is 0.221. The van der Waals surface area contributed by atoms with Gasteiger partial charge >= 0.3 is 0 Å². The number of aromatic nitrogens is 2. The van der Waals surface area contributed by atoms with E-state index in [2.05, 4.69) is 16.5 Å². The third-order valence-corrected chi connectivity index (χ3v) is 5.46. The van der Waals surface area contributed by atoms with E-state index in [-0.39, 0.29) is 28.3 Å². The van der Waals surface area contributed by atoms with E-state index in [1.807, 2.05) is 62.3 Å². The van der Waals surface area contributed by atoms with Gasteiger partial charge in [0.1, 0.15) is 0 Å². The molecule has 41 heavy (non-hydrogen) atoms. The van der Waals surface area contributed by atoms with Crippen molar-refractivity contribution in [3.8, 4) is 11.5 Å². The summed E-state index contributed by atoms with van der Waals surface area (Å²) in [6.45, 7) is 20.0. The number of aromatic amines is 2. The first-order chi connectivity index (χ1) is 19.6. The maximum atomic E-state index is 13.7. The molecule has 4 aromatic rings. The molecule has 0 radical (unpaired) electrons. The Bertz CT molecular complexity index is 1530. The van der Waals surface area contributed by atoms with Crippen LogP contribution in [0.15, 0.2) is 46.5 Å². The number of alkyl halides is 1. The molecule has 2 aromatic heterocycles. The van der Waals surface area contributed by atoms with Gasteiger partial charge in [0.25, 0.3) is 0 Å². The molecule has 0 atom stereocenters. The number of aryl methyl sites for hydroxylation is 1. The molecular weight excluding hydrogens is 533 g/mol. The molecule has 0 aliphatic rings. The zero-order valence-corrected chi connectivity index (χ0v) is 25.5. The lowest BCUT2D eigenvalue weighted by Gasteiger charge is -2.13. The summed E-state index contributed by atoms with van der Waals surface area (Å²) >= 11 is 0. The molecule has 3 N–H and O–H groups in total. The summed E-state index contributed by atoms with van der Waals surface area (Å²) in [6, 6.07) is 6.58. The van der Waals surface area contributed by atoms with Crippen molar-refractivity contribution < 1.29 is 23.0 Å². The summed E-state index contributed by atoms with van der Waals surface area (Å²) in [5.41, 5.74) is 0.856. The van der Waals surface area contributed by atoms with Gasteiger partial charge in [-0.1, -0.05) is 81.0 Å². The van der Waals surface area contributed by atoms with Crippen LogP contribution in [-0.4, -0.2) is 21.9 Å². The second-order valence-corrected chi connectivity index (χ2v) is 8.05. The Morgan fingerprint density at radius 2 is 1.49 bits per heavy atom. The van der Waals surface area contributed by atoms with Gasteiger partial charge in [-0.25, -0.2) is 13.2 Å². The number of H-pyrrole nitrogens is 2. The molecular formula is C32H43F3N2O4. The summed E-state index contributed by atoms with van der Waals surface area (Å²) in [5.74, 6) is -2.02. The Kier molecular flexibility index (Phi) is 16.6. The standard InChI is InChI=1S/C13H13F2NO2.C13H12FNO2.3C2H6/c1-7(2)12-11-8(5-10(17)16-12)3-4-9(15)13(11)18-6-14;1-3-8-12-7(5-10(16)13(8)14)6-11(17)15-9(12)4-2;3*1-2/h3-5,7H,6H2,1-2H3,(H,16,17);3,5-6,16H,1,4H2,2H3,(H,15,17);3*1-2H3. The van der Waals surface area contributed by atoms with Gasteiger partial charge in [-0.2, -0.15) is 0 Å². The van der Waals surface area contributed by atoms with E-state index in [1.54, 1.807) is 0 Å². The van der Waals surface area contributed by atoms with E-state index in [9.17, 15) is 27.9 Å². The highest BCUT2D eigenvalue weighted by molar-refractivity contribution is 5.94. The number of benzene rings is 2. The topological polar surface area (TPSA) is 95.2 Å². The predicted octanol–water partition coefficient (Wildman–Crippen LogP) is 8.75. The number of hydrogen-bond donors (Lipinski definition) is 3. The minimum Gasteiger partial charge on any atom is -0.505 e. The highest BCUT2D eigenvalue weighted by Crippen LogP contribution is 2.33. The van der Waals surface area contributed by atoms with Crippen LogP contribution in [0, 0.1) is 11.6 Å². The fraction of sp³-hybridized carbons (Fsp3) is 0.375. The summed E-state index contributed by atoms with van der Waals surface area (Å²) < 4.78 is 44.5. The number of phenols is 1. The maximum absolute atomic E-state index is 13.7. The van der Waals surface area contributed by atoms with Crippen molar-refractivity contribution in [1.29, 1.82) is 0 Å². The maximum Gasteiger partial charge on any atom is 0.248 e. The fourth-order valence-corrected chi connectivity index (χ4v) is 3.95. The van der Waals surface area contributed by atoms with E-state index in [1.165, 1.54) is 30.3 Å². The lowest BCUT2D eigenvalue weighted by molar-refractivity contribution is 0.186. The van der Waals surface area contributed by atoms with Crippen LogP contribution in [0.2, 0.25) is 0 Å². The molecule has 0 fully saturated rings. The van der Waals surface area contributed by atoms with Crippen LogP contribution < -0.4 is 15.9 Å². The number of ether oxygens (including phenoxy) is 1. The number of aromatic hydroxyl groups is 1. The van der Waals surface area contributed by atoms with Crippen LogP contribution in [0.5, 0.6) is 11.5 Å². The number of phenolic OH excluding ortho intramolecular Hbond substituents is 1. The van der Waals surface area contributed by atoms with Gasteiger partial charge in [0.05, 0.1) is 0 Å². The molecule has 2 heterocycles. The van der Waals surface area contributed by atoms with Crippen LogP contribution in [-0.2, 0) is 6.42 Å². The van der Waals surface area contributed by atoms with E-state index in [4.69, 9.17) is 4.74 Å². The molecule has 0 spiro atoms. The first-order valence-electron chi connectivity index (χ1n) is 13.9. The van der Waals surface area contributed by atoms with Crippen molar-refractivity contribution in [2.75, 3.05) is 6.86 Å². The summed E-state index contributed by atoms with van der Waals surface area (Å²) in [6.07, 6.45) is 1.91. The zero-order valence-electron chi connectivity index (χ0n) is 25.5. The Balaban J connectivity index is 0.000000661. The third kappa shape index (κ3) is 8.99. The van der Waals surface area contributed by atoms with Crippen LogP contribution >= 0.6 is 0 Å². The molecule has 0 amide bonds. The van der Waals surface area contributed by atoms with Crippen LogP contribution in [0.3, 0.4) is 0 Å². The molecule has 0 saturated carbocycles. The largest absolute Gasteiger partial charge is 0.505 e. The molecule has 0 saturated heterocycles. The first-order valence-corrected chi connectivity index (χ1v) is 13.9. The van der Waals surface area contributed by atoms with E-state index in [0.717, 1.165) is 6.07 Å². The van der Waals surface area contributed by atoms with Crippen molar-refractivity contribution >= 4 is 27.6 Å². The average molecular weight is 577 g/mol. The fourth-order valence-electron chi connectivity index (χ4n) is 3.95. The van der Waals surface area contributed by atoms with Gasteiger partial charge in [-0.3, -0.25) is 9.59 Å². The molecule has 0 unspecified atom stereocenters. The Hall–Kier alpha value is -4.01. The summed E-state index contributed by atoms with van der Waals surface area (Å²) in [4.78, 5) is 28.2. The first kappa shape index (κ1) is 37.0. The van der Waals surface area contributed by atoms with Gasteiger partial charge in [0, 0.05) is 39.9 Å². The molecule has 226 valence electrons. The third-order valence-electron chi connectivity index (χ3n) is 5.46. The van der Waals surface area contributed by atoms with Gasteiger partial charge in [-0.15, -0.1) is 0 Å². The molecule has 0 aliphatic carbocycles. The zero-order chi connectivity index (χ0) is 31.9. The minimum atomic E-state index is -1.12. The predicted molar refractivity (Wildman–Crippen MR) is 165 cm³/mol. The molecule has 4 rings (SSSR count). The molecule has 2 aromatic carbocycles. The number of hydrogen-bond acceptors (Lipinski definition) is 4. The Labute approximate surface area is 239 Å². The minimum absolute atomic E-state index is 0.0369. The van der Waals surface area contributed by atoms with Crippen LogP contribution in [0.25, 0.3) is 27.6 Å². The number of nitrogens with one attached hydrogen (secondary N) is 2. The van der Waals surface area contributed by atoms with Gasteiger partial charge in [0.15, 0.2) is 23.1 Å². The van der Waals surface area contributed by atoms with E-state index < -0.39 is 24.2 Å². The molecule has 6 nitrogen and oxygen atoms in total. The normalized spacial score (nSPS) is 9.78. The van der Waals surface area contributed by atoms with Crippen molar-refractivity contribution in [1.82, 2.24) is 9.97 Å². The molecule has 0 aliphatic heterocycles. The monoisotopic (exact) mass is 576 g/mol. The van der Waals surface area contributed by atoms with Gasteiger partial charge < -0.3 is 19.8 Å². The smallest absolute Gasteiger partial charge is 0.248 e. The summed E-state index contributed by atoms with van der Waals surface area (Å²) in [5, 5.41) is 11.5.